The Balaban J connectivity index is 2.14. The van der Waals surface area contributed by atoms with Crippen LogP contribution in [0.25, 0.3) is 0 Å². The second-order valence-corrected chi connectivity index (χ2v) is 4.20. The van der Waals surface area contributed by atoms with Crippen molar-refractivity contribution in [2.24, 2.45) is 5.73 Å². The Morgan fingerprint density at radius 2 is 2.07 bits per heavy atom. The number of hydrogen-bond donors (Lipinski definition) is 1. The SMILES string of the molecule is NCC(F)(F)CC1CCc2ccccc21. The summed E-state index contributed by atoms with van der Waals surface area (Å²) in [7, 11) is 0. The number of rotatable bonds is 3. The first-order valence-electron chi connectivity index (χ1n) is 5.28. The molecule has 1 atom stereocenters. The zero-order chi connectivity index (χ0) is 10.9. The molecule has 82 valence electrons. The van der Waals surface area contributed by atoms with Crippen LogP contribution in [0.3, 0.4) is 0 Å². The molecule has 0 fully saturated rings. The monoisotopic (exact) mass is 211 g/mol. The lowest BCUT2D eigenvalue weighted by molar-refractivity contribution is -0.00476. The number of benzene rings is 1. The van der Waals surface area contributed by atoms with Crippen molar-refractivity contribution in [3.8, 4) is 0 Å². The molecule has 1 unspecified atom stereocenters. The summed E-state index contributed by atoms with van der Waals surface area (Å²) in [6.45, 7) is -0.550. The molecule has 0 spiro atoms. The van der Waals surface area contributed by atoms with Crippen molar-refractivity contribution in [3.05, 3.63) is 35.4 Å². The number of nitrogens with two attached hydrogens (primary N) is 1. The number of halogens is 2. The molecule has 2 N–H and O–H groups in total. The van der Waals surface area contributed by atoms with Crippen molar-refractivity contribution >= 4 is 0 Å². The fraction of sp³-hybridized carbons (Fsp3) is 0.500. The summed E-state index contributed by atoms with van der Waals surface area (Å²) in [5, 5.41) is 0. The van der Waals surface area contributed by atoms with Crippen LogP contribution in [0.2, 0.25) is 0 Å². The molecule has 0 saturated carbocycles. The average molecular weight is 211 g/mol. The van der Waals surface area contributed by atoms with Gasteiger partial charge >= 0.3 is 0 Å². The Morgan fingerprint density at radius 3 is 2.80 bits per heavy atom. The molecule has 0 radical (unpaired) electrons. The van der Waals surface area contributed by atoms with E-state index in [1.807, 2.05) is 24.3 Å². The molecule has 1 aromatic carbocycles. The fourth-order valence-corrected chi connectivity index (χ4v) is 2.30. The maximum atomic E-state index is 13.2. The van der Waals surface area contributed by atoms with Crippen molar-refractivity contribution in [2.75, 3.05) is 6.54 Å². The molecular formula is C12H15F2N. The van der Waals surface area contributed by atoms with Gasteiger partial charge in [-0.3, -0.25) is 0 Å². The Kier molecular flexibility index (Phi) is 2.74. The first-order valence-corrected chi connectivity index (χ1v) is 5.28. The van der Waals surface area contributed by atoms with Gasteiger partial charge in [-0.15, -0.1) is 0 Å². The Hall–Kier alpha value is -0.960. The topological polar surface area (TPSA) is 26.0 Å². The van der Waals surface area contributed by atoms with E-state index < -0.39 is 12.5 Å². The molecule has 0 bridgehead atoms. The fourth-order valence-electron chi connectivity index (χ4n) is 2.30. The van der Waals surface area contributed by atoms with Crippen LogP contribution in [-0.4, -0.2) is 12.5 Å². The van der Waals surface area contributed by atoms with Gasteiger partial charge in [0, 0.05) is 6.42 Å². The molecule has 0 amide bonds. The lowest BCUT2D eigenvalue weighted by atomic mass is 9.94. The highest BCUT2D eigenvalue weighted by Gasteiger charge is 2.34. The van der Waals surface area contributed by atoms with Crippen LogP contribution in [0.4, 0.5) is 8.78 Å². The lowest BCUT2D eigenvalue weighted by Gasteiger charge is -2.19. The van der Waals surface area contributed by atoms with Crippen molar-refractivity contribution in [1.29, 1.82) is 0 Å². The minimum atomic E-state index is -2.72. The van der Waals surface area contributed by atoms with Gasteiger partial charge < -0.3 is 5.73 Å². The summed E-state index contributed by atoms with van der Waals surface area (Å²) in [5.41, 5.74) is 7.36. The molecule has 1 aliphatic carbocycles. The highest BCUT2D eigenvalue weighted by Crippen LogP contribution is 2.39. The predicted octanol–water partition coefficient (Wildman–Crippen LogP) is 2.70. The average Bonchev–Trinajstić information content (AvgIpc) is 2.62. The highest BCUT2D eigenvalue weighted by molar-refractivity contribution is 5.34. The smallest absolute Gasteiger partial charge is 0.260 e. The molecule has 0 aliphatic heterocycles. The molecule has 1 aromatic rings. The molecule has 1 nitrogen and oxygen atoms in total. The van der Waals surface area contributed by atoms with Crippen molar-refractivity contribution in [1.82, 2.24) is 0 Å². The molecular weight excluding hydrogens is 196 g/mol. The number of hydrogen-bond acceptors (Lipinski definition) is 1. The largest absolute Gasteiger partial charge is 0.325 e. The van der Waals surface area contributed by atoms with E-state index in [1.165, 1.54) is 5.56 Å². The van der Waals surface area contributed by atoms with Gasteiger partial charge in [-0.25, -0.2) is 8.78 Å². The molecule has 0 heterocycles. The number of aryl methyl sites for hydroxylation is 1. The van der Waals surface area contributed by atoms with Gasteiger partial charge in [0.05, 0.1) is 6.54 Å². The van der Waals surface area contributed by atoms with Gasteiger partial charge in [-0.2, -0.15) is 0 Å². The molecule has 2 rings (SSSR count). The summed E-state index contributed by atoms with van der Waals surface area (Å²) < 4.78 is 26.3. The van der Waals surface area contributed by atoms with Crippen molar-refractivity contribution in [3.63, 3.8) is 0 Å². The lowest BCUT2D eigenvalue weighted by Crippen LogP contribution is -2.29. The molecule has 15 heavy (non-hydrogen) atoms. The van der Waals surface area contributed by atoms with Crippen LogP contribution in [-0.2, 0) is 6.42 Å². The van der Waals surface area contributed by atoms with E-state index in [0.717, 1.165) is 18.4 Å². The van der Waals surface area contributed by atoms with Gasteiger partial charge in [0.2, 0.25) is 0 Å². The summed E-state index contributed by atoms with van der Waals surface area (Å²) in [4.78, 5) is 0. The van der Waals surface area contributed by atoms with Crippen LogP contribution in [0.15, 0.2) is 24.3 Å². The molecule has 1 aliphatic rings. The zero-order valence-corrected chi connectivity index (χ0v) is 8.55. The minimum absolute atomic E-state index is 0.0141. The van der Waals surface area contributed by atoms with E-state index in [0.29, 0.717) is 0 Å². The third-order valence-electron chi connectivity index (χ3n) is 3.10. The van der Waals surface area contributed by atoms with Gasteiger partial charge in [-0.05, 0) is 29.9 Å². The maximum absolute atomic E-state index is 13.2. The standard InChI is InChI=1S/C12H15F2N/c13-12(14,8-15)7-10-6-5-9-3-1-2-4-11(9)10/h1-4,10H,5-8,15H2. The quantitative estimate of drug-likeness (QED) is 0.817. The number of alkyl halides is 2. The third-order valence-corrected chi connectivity index (χ3v) is 3.10. The van der Waals surface area contributed by atoms with Crippen LogP contribution in [0.5, 0.6) is 0 Å². The molecule has 0 saturated heterocycles. The maximum Gasteiger partial charge on any atom is 0.260 e. The van der Waals surface area contributed by atoms with Gasteiger partial charge in [0.15, 0.2) is 0 Å². The van der Waals surface area contributed by atoms with Crippen LogP contribution in [0.1, 0.15) is 29.9 Å². The first-order chi connectivity index (χ1) is 7.12. The van der Waals surface area contributed by atoms with Crippen LogP contribution < -0.4 is 5.73 Å². The van der Waals surface area contributed by atoms with E-state index >= 15 is 0 Å². The molecule has 3 heteroatoms. The van der Waals surface area contributed by atoms with Crippen LogP contribution >= 0.6 is 0 Å². The Labute approximate surface area is 88.3 Å². The second kappa shape index (κ2) is 3.89. The summed E-state index contributed by atoms with van der Waals surface area (Å²) >= 11 is 0. The van der Waals surface area contributed by atoms with Crippen LogP contribution in [0, 0.1) is 0 Å². The van der Waals surface area contributed by atoms with Gasteiger partial charge in [-0.1, -0.05) is 24.3 Å². The Morgan fingerprint density at radius 1 is 1.33 bits per heavy atom. The second-order valence-electron chi connectivity index (χ2n) is 4.20. The highest BCUT2D eigenvalue weighted by atomic mass is 19.3. The summed E-state index contributed by atoms with van der Waals surface area (Å²) in [5.74, 6) is -2.73. The van der Waals surface area contributed by atoms with Gasteiger partial charge in [0.25, 0.3) is 5.92 Å². The third kappa shape index (κ3) is 2.17. The van der Waals surface area contributed by atoms with E-state index in [2.05, 4.69) is 0 Å². The van der Waals surface area contributed by atoms with E-state index in [1.54, 1.807) is 0 Å². The Bertz CT molecular complexity index is 349. The van der Waals surface area contributed by atoms with E-state index in [9.17, 15) is 8.78 Å². The summed E-state index contributed by atoms with van der Waals surface area (Å²) in [6, 6.07) is 7.86. The number of fused-ring (bicyclic) bond motifs is 1. The van der Waals surface area contributed by atoms with Crippen molar-refractivity contribution in [2.45, 2.75) is 31.1 Å². The van der Waals surface area contributed by atoms with Crippen molar-refractivity contribution < 1.29 is 8.78 Å². The predicted molar refractivity (Wildman–Crippen MR) is 56.1 cm³/mol. The molecule has 0 aromatic heterocycles. The first kappa shape index (κ1) is 10.6. The van der Waals surface area contributed by atoms with E-state index in [4.69, 9.17) is 5.73 Å². The van der Waals surface area contributed by atoms with E-state index in [-0.39, 0.29) is 12.3 Å². The normalized spacial score (nSPS) is 20.3. The van der Waals surface area contributed by atoms with Gasteiger partial charge in [0.1, 0.15) is 0 Å². The zero-order valence-electron chi connectivity index (χ0n) is 8.55. The summed E-state index contributed by atoms with van der Waals surface area (Å²) in [6.07, 6.45) is 1.64. The minimum Gasteiger partial charge on any atom is -0.325 e.